The number of anilines is 1. The normalized spacial score (nSPS) is 23.8. The Kier molecular flexibility index (Phi) is 4.89. The van der Waals surface area contributed by atoms with Gasteiger partial charge in [0.1, 0.15) is 5.82 Å². The van der Waals surface area contributed by atoms with Crippen molar-refractivity contribution in [3.63, 3.8) is 0 Å². The van der Waals surface area contributed by atoms with E-state index >= 15 is 0 Å². The second-order valence-corrected chi connectivity index (χ2v) is 5.98. The lowest BCUT2D eigenvalue weighted by Crippen LogP contribution is -2.30. The third-order valence-corrected chi connectivity index (χ3v) is 4.57. The minimum atomic E-state index is 0.564. The molecule has 1 aliphatic rings. The van der Waals surface area contributed by atoms with Crippen molar-refractivity contribution in [1.29, 1.82) is 0 Å². The Bertz CT molecular complexity index is 397. The molecular formula is C16H29N3. The highest BCUT2D eigenvalue weighted by molar-refractivity contribution is 5.40. The molecule has 0 saturated carbocycles. The van der Waals surface area contributed by atoms with E-state index in [4.69, 9.17) is 5.10 Å². The first-order valence-electron chi connectivity index (χ1n) is 8.04. The Labute approximate surface area is 117 Å². The van der Waals surface area contributed by atoms with Gasteiger partial charge in [-0.15, -0.1) is 0 Å². The van der Waals surface area contributed by atoms with E-state index in [1.807, 2.05) is 0 Å². The van der Waals surface area contributed by atoms with Crippen LogP contribution >= 0.6 is 0 Å². The van der Waals surface area contributed by atoms with E-state index in [9.17, 15) is 0 Å². The molecule has 2 heterocycles. The predicted octanol–water partition coefficient (Wildman–Crippen LogP) is 4.58. The standard InChI is InChI=1S/C16H29N3/c1-5-8-9-13(6-2)14-10-16-17-11-12(4)15(7-3)19(16)18-14/h10,12-13,15,17H,5-9,11H2,1-4H3. The highest BCUT2D eigenvalue weighted by Crippen LogP contribution is 2.34. The monoisotopic (exact) mass is 263 g/mol. The molecule has 0 radical (unpaired) electrons. The Morgan fingerprint density at radius 1 is 1.42 bits per heavy atom. The van der Waals surface area contributed by atoms with Crippen molar-refractivity contribution in [3.05, 3.63) is 11.8 Å². The first-order valence-corrected chi connectivity index (χ1v) is 8.04. The van der Waals surface area contributed by atoms with Crippen LogP contribution in [0.5, 0.6) is 0 Å². The van der Waals surface area contributed by atoms with Gasteiger partial charge < -0.3 is 5.32 Å². The summed E-state index contributed by atoms with van der Waals surface area (Å²) < 4.78 is 2.25. The summed E-state index contributed by atoms with van der Waals surface area (Å²) in [7, 11) is 0. The second-order valence-electron chi connectivity index (χ2n) is 5.98. The van der Waals surface area contributed by atoms with Crippen LogP contribution < -0.4 is 5.32 Å². The number of aromatic nitrogens is 2. The van der Waals surface area contributed by atoms with Gasteiger partial charge in [0.25, 0.3) is 0 Å². The SMILES string of the molecule is CCCCC(CC)c1cc2n(n1)C(CC)C(C)CN2. The van der Waals surface area contributed by atoms with Crippen molar-refractivity contribution in [2.45, 2.75) is 71.8 Å². The Morgan fingerprint density at radius 2 is 2.21 bits per heavy atom. The molecule has 108 valence electrons. The fourth-order valence-corrected chi connectivity index (χ4v) is 3.23. The number of hydrogen-bond acceptors (Lipinski definition) is 2. The average Bonchev–Trinajstić information content (AvgIpc) is 2.83. The molecule has 3 atom stereocenters. The molecule has 0 aliphatic carbocycles. The molecule has 19 heavy (non-hydrogen) atoms. The maximum absolute atomic E-state index is 4.93. The van der Waals surface area contributed by atoms with Crippen molar-refractivity contribution in [2.24, 2.45) is 5.92 Å². The smallest absolute Gasteiger partial charge is 0.124 e. The molecule has 0 spiro atoms. The van der Waals surface area contributed by atoms with Gasteiger partial charge in [-0.1, -0.05) is 40.5 Å². The molecule has 1 aliphatic heterocycles. The van der Waals surface area contributed by atoms with Crippen LogP contribution in [0.25, 0.3) is 0 Å². The lowest BCUT2D eigenvalue weighted by Gasteiger charge is -2.30. The van der Waals surface area contributed by atoms with Crippen LogP contribution in [0, 0.1) is 5.92 Å². The third-order valence-electron chi connectivity index (χ3n) is 4.57. The minimum Gasteiger partial charge on any atom is -0.370 e. The van der Waals surface area contributed by atoms with Crippen LogP contribution in [0.1, 0.15) is 77.5 Å². The van der Waals surface area contributed by atoms with Crippen molar-refractivity contribution in [1.82, 2.24) is 9.78 Å². The van der Waals surface area contributed by atoms with Crippen LogP contribution in [-0.4, -0.2) is 16.3 Å². The molecule has 0 aromatic carbocycles. The molecule has 0 bridgehead atoms. The lowest BCUT2D eigenvalue weighted by atomic mass is 9.96. The molecule has 1 N–H and O–H groups in total. The van der Waals surface area contributed by atoms with Crippen molar-refractivity contribution in [2.75, 3.05) is 11.9 Å². The van der Waals surface area contributed by atoms with Crippen molar-refractivity contribution >= 4 is 5.82 Å². The summed E-state index contributed by atoms with van der Waals surface area (Å²) in [5, 5.41) is 8.46. The summed E-state index contributed by atoms with van der Waals surface area (Å²) in [6, 6.07) is 2.85. The summed E-state index contributed by atoms with van der Waals surface area (Å²) in [5.74, 6) is 2.53. The van der Waals surface area contributed by atoms with Gasteiger partial charge in [-0.25, -0.2) is 4.68 Å². The predicted molar refractivity (Wildman–Crippen MR) is 81.8 cm³/mol. The summed E-state index contributed by atoms with van der Waals surface area (Å²) in [5.41, 5.74) is 1.30. The summed E-state index contributed by atoms with van der Waals surface area (Å²) in [4.78, 5) is 0. The molecule has 1 aromatic rings. The van der Waals surface area contributed by atoms with E-state index in [1.54, 1.807) is 0 Å². The average molecular weight is 263 g/mol. The molecule has 1 aromatic heterocycles. The highest BCUT2D eigenvalue weighted by atomic mass is 15.4. The largest absolute Gasteiger partial charge is 0.370 e. The van der Waals surface area contributed by atoms with Gasteiger partial charge in [0, 0.05) is 18.5 Å². The molecule has 0 saturated heterocycles. The van der Waals surface area contributed by atoms with Gasteiger partial charge in [-0.3, -0.25) is 0 Å². The van der Waals surface area contributed by atoms with Crippen LogP contribution in [0.4, 0.5) is 5.82 Å². The van der Waals surface area contributed by atoms with E-state index in [-0.39, 0.29) is 0 Å². The Hall–Kier alpha value is -0.990. The molecule has 3 unspecified atom stereocenters. The Morgan fingerprint density at radius 3 is 2.84 bits per heavy atom. The van der Waals surface area contributed by atoms with Gasteiger partial charge in [0.15, 0.2) is 0 Å². The summed E-state index contributed by atoms with van der Waals surface area (Å²) in [6.07, 6.45) is 6.22. The van der Waals surface area contributed by atoms with E-state index in [0.717, 1.165) is 6.54 Å². The van der Waals surface area contributed by atoms with Crippen molar-refractivity contribution in [3.8, 4) is 0 Å². The topological polar surface area (TPSA) is 29.9 Å². The maximum atomic E-state index is 4.93. The number of fused-ring (bicyclic) bond motifs is 1. The summed E-state index contributed by atoms with van der Waals surface area (Å²) in [6.45, 7) is 10.2. The number of nitrogens with one attached hydrogen (secondary N) is 1. The Balaban J connectivity index is 2.20. The third kappa shape index (κ3) is 2.96. The molecular weight excluding hydrogens is 234 g/mol. The van der Waals surface area contributed by atoms with Crippen molar-refractivity contribution < 1.29 is 0 Å². The molecule has 0 fully saturated rings. The highest BCUT2D eigenvalue weighted by Gasteiger charge is 2.27. The quantitative estimate of drug-likeness (QED) is 0.814. The van der Waals surface area contributed by atoms with Crippen LogP contribution in [-0.2, 0) is 0 Å². The second kappa shape index (κ2) is 6.44. The van der Waals surface area contributed by atoms with Crippen LogP contribution in [0.2, 0.25) is 0 Å². The van der Waals surface area contributed by atoms with Crippen LogP contribution in [0.15, 0.2) is 6.07 Å². The molecule has 3 nitrogen and oxygen atoms in total. The van der Waals surface area contributed by atoms with E-state index in [1.165, 1.54) is 43.6 Å². The number of rotatable bonds is 6. The van der Waals surface area contributed by atoms with Gasteiger partial charge in [-0.05, 0) is 25.2 Å². The zero-order chi connectivity index (χ0) is 13.8. The van der Waals surface area contributed by atoms with Gasteiger partial charge in [0.05, 0.1) is 11.7 Å². The molecule has 3 heteroatoms. The first-order chi connectivity index (χ1) is 9.21. The first kappa shape index (κ1) is 14.4. The number of unbranched alkanes of at least 4 members (excludes halogenated alkanes) is 1. The van der Waals surface area contributed by atoms with E-state index in [0.29, 0.717) is 17.9 Å². The fraction of sp³-hybridized carbons (Fsp3) is 0.812. The lowest BCUT2D eigenvalue weighted by molar-refractivity contribution is 0.310. The van der Waals surface area contributed by atoms with Crippen LogP contribution in [0.3, 0.4) is 0 Å². The van der Waals surface area contributed by atoms with Gasteiger partial charge in [-0.2, -0.15) is 5.10 Å². The maximum Gasteiger partial charge on any atom is 0.124 e. The van der Waals surface area contributed by atoms with Gasteiger partial charge in [0.2, 0.25) is 0 Å². The molecule has 2 rings (SSSR count). The number of hydrogen-bond donors (Lipinski definition) is 1. The number of nitrogens with zero attached hydrogens (tertiary/aromatic N) is 2. The zero-order valence-corrected chi connectivity index (χ0v) is 12.9. The minimum absolute atomic E-state index is 0.564. The summed E-state index contributed by atoms with van der Waals surface area (Å²) >= 11 is 0. The van der Waals surface area contributed by atoms with E-state index < -0.39 is 0 Å². The van der Waals surface area contributed by atoms with Gasteiger partial charge >= 0.3 is 0 Å². The fourth-order valence-electron chi connectivity index (χ4n) is 3.23. The zero-order valence-electron chi connectivity index (χ0n) is 12.9. The molecule has 0 amide bonds. The van der Waals surface area contributed by atoms with E-state index in [2.05, 4.69) is 43.8 Å².